The molecule has 1 aromatic heterocycles. The van der Waals surface area contributed by atoms with Gasteiger partial charge in [-0.15, -0.1) is 0 Å². The number of esters is 1. The number of carbonyl (C=O) groups is 1. The van der Waals surface area contributed by atoms with E-state index in [1.807, 2.05) is 0 Å². The van der Waals surface area contributed by atoms with Gasteiger partial charge in [0.25, 0.3) is 0 Å². The number of furan rings is 1. The van der Waals surface area contributed by atoms with Gasteiger partial charge in [0.05, 0.1) is 0 Å². The van der Waals surface area contributed by atoms with E-state index >= 15 is 0 Å². The Morgan fingerprint density at radius 1 is 1.54 bits per heavy atom. The molecule has 2 rings (SSSR count). The highest BCUT2D eigenvalue weighted by atomic mass is 79.9. The van der Waals surface area contributed by atoms with Crippen LogP contribution in [0.15, 0.2) is 21.2 Å². The Hall–Kier alpha value is -0.770. The van der Waals surface area contributed by atoms with Crippen molar-refractivity contribution in [3.05, 3.63) is 22.6 Å². The van der Waals surface area contributed by atoms with Crippen molar-refractivity contribution < 1.29 is 13.9 Å². The maximum Gasteiger partial charge on any atom is 0.374 e. The number of ether oxygens (including phenoxy) is 1. The van der Waals surface area contributed by atoms with E-state index in [-0.39, 0.29) is 17.8 Å². The molecule has 1 heterocycles. The van der Waals surface area contributed by atoms with Gasteiger partial charge in [-0.25, -0.2) is 4.79 Å². The minimum Gasteiger partial charge on any atom is -0.457 e. The van der Waals surface area contributed by atoms with Crippen LogP contribution in [-0.4, -0.2) is 12.1 Å². The van der Waals surface area contributed by atoms with Gasteiger partial charge in [-0.2, -0.15) is 0 Å². The van der Waals surface area contributed by atoms with Crippen molar-refractivity contribution >= 4 is 21.9 Å². The van der Waals surface area contributed by atoms with E-state index in [0.29, 0.717) is 4.67 Å². The third kappa shape index (κ3) is 1.94. The highest BCUT2D eigenvalue weighted by Crippen LogP contribution is 2.24. The van der Waals surface area contributed by atoms with Gasteiger partial charge in [-0.1, -0.05) is 0 Å². The number of rotatable bonds is 2. The van der Waals surface area contributed by atoms with Gasteiger partial charge in [0.15, 0.2) is 4.67 Å². The summed E-state index contributed by atoms with van der Waals surface area (Å²) in [6, 6.07) is 3.28. The summed E-state index contributed by atoms with van der Waals surface area (Å²) in [6.07, 6.45) is 3.22. The van der Waals surface area contributed by atoms with Crippen LogP contribution in [0.5, 0.6) is 0 Å². The van der Waals surface area contributed by atoms with E-state index in [1.54, 1.807) is 12.1 Å². The Morgan fingerprint density at radius 2 is 2.31 bits per heavy atom. The molecule has 0 radical (unpaired) electrons. The van der Waals surface area contributed by atoms with E-state index in [0.717, 1.165) is 19.3 Å². The van der Waals surface area contributed by atoms with E-state index in [1.165, 1.54) is 0 Å². The van der Waals surface area contributed by atoms with Crippen LogP contribution in [0.1, 0.15) is 29.8 Å². The second kappa shape index (κ2) is 3.54. The van der Waals surface area contributed by atoms with E-state index < -0.39 is 0 Å². The average molecular weight is 245 g/mol. The number of carbonyl (C=O) groups excluding carboxylic acids is 1. The molecule has 1 fully saturated rings. The lowest BCUT2D eigenvalue weighted by atomic mass is 9.96. The minimum atomic E-state index is -0.365. The van der Waals surface area contributed by atoms with Gasteiger partial charge >= 0.3 is 5.97 Å². The molecule has 0 N–H and O–H groups in total. The maximum atomic E-state index is 11.3. The Bertz CT molecular complexity index is 314. The standard InChI is InChI=1S/C9H9BrO3/c10-8-5-4-7(13-8)9(11)12-6-2-1-3-6/h4-6H,1-3H2. The van der Waals surface area contributed by atoms with Crippen molar-refractivity contribution in [2.24, 2.45) is 0 Å². The Labute approximate surface area is 84.2 Å². The lowest BCUT2D eigenvalue weighted by Crippen LogP contribution is -2.24. The summed E-state index contributed by atoms with van der Waals surface area (Å²) in [7, 11) is 0. The zero-order valence-corrected chi connectivity index (χ0v) is 8.54. The third-order valence-electron chi connectivity index (χ3n) is 2.10. The fraction of sp³-hybridized carbons (Fsp3) is 0.444. The molecule has 3 nitrogen and oxygen atoms in total. The maximum absolute atomic E-state index is 11.3. The summed E-state index contributed by atoms with van der Waals surface area (Å²) in [4.78, 5) is 11.3. The van der Waals surface area contributed by atoms with Crippen LogP contribution in [0.3, 0.4) is 0 Å². The lowest BCUT2D eigenvalue weighted by Gasteiger charge is -2.24. The molecule has 13 heavy (non-hydrogen) atoms. The zero-order chi connectivity index (χ0) is 9.26. The summed E-state index contributed by atoms with van der Waals surface area (Å²) in [5, 5.41) is 0. The smallest absolute Gasteiger partial charge is 0.374 e. The molecule has 0 amide bonds. The highest BCUT2D eigenvalue weighted by Gasteiger charge is 2.23. The first-order chi connectivity index (χ1) is 6.25. The van der Waals surface area contributed by atoms with Crippen LogP contribution >= 0.6 is 15.9 Å². The van der Waals surface area contributed by atoms with Gasteiger partial charge in [-0.05, 0) is 47.3 Å². The SMILES string of the molecule is O=C(OC1CCC1)c1ccc(Br)o1. The third-order valence-corrected chi connectivity index (χ3v) is 2.53. The van der Waals surface area contributed by atoms with E-state index in [4.69, 9.17) is 9.15 Å². The first-order valence-electron chi connectivity index (χ1n) is 4.22. The second-order valence-electron chi connectivity index (χ2n) is 3.06. The molecule has 0 saturated heterocycles. The Kier molecular flexibility index (Phi) is 2.40. The lowest BCUT2D eigenvalue weighted by molar-refractivity contribution is 0.00567. The number of hydrogen-bond donors (Lipinski definition) is 0. The van der Waals surface area contributed by atoms with Crippen LogP contribution in [0.2, 0.25) is 0 Å². The van der Waals surface area contributed by atoms with Crippen LogP contribution in [0.25, 0.3) is 0 Å². The van der Waals surface area contributed by atoms with Crippen molar-refractivity contribution in [2.75, 3.05) is 0 Å². The minimum absolute atomic E-state index is 0.108. The largest absolute Gasteiger partial charge is 0.457 e. The molecule has 0 bridgehead atoms. The molecule has 1 saturated carbocycles. The van der Waals surface area contributed by atoms with Crippen molar-refractivity contribution in [1.82, 2.24) is 0 Å². The van der Waals surface area contributed by atoms with Crippen LogP contribution in [-0.2, 0) is 4.74 Å². The summed E-state index contributed by atoms with van der Waals surface area (Å²) in [5.41, 5.74) is 0. The summed E-state index contributed by atoms with van der Waals surface area (Å²) in [6.45, 7) is 0. The Balaban J connectivity index is 1.96. The van der Waals surface area contributed by atoms with Gasteiger partial charge < -0.3 is 9.15 Å². The van der Waals surface area contributed by atoms with E-state index in [2.05, 4.69) is 15.9 Å². The molecule has 1 aromatic rings. The monoisotopic (exact) mass is 244 g/mol. The molecule has 0 aliphatic heterocycles. The Morgan fingerprint density at radius 3 is 2.77 bits per heavy atom. The van der Waals surface area contributed by atoms with Gasteiger partial charge in [0.2, 0.25) is 5.76 Å². The van der Waals surface area contributed by atoms with Crippen LogP contribution < -0.4 is 0 Å². The first-order valence-corrected chi connectivity index (χ1v) is 5.01. The van der Waals surface area contributed by atoms with Gasteiger partial charge in [0, 0.05) is 0 Å². The molecule has 1 aliphatic carbocycles. The molecule has 1 aliphatic rings. The fourth-order valence-electron chi connectivity index (χ4n) is 1.12. The first kappa shape index (κ1) is 8.81. The van der Waals surface area contributed by atoms with Crippen LogP contribution in [0, 0.1) is 0 Å². The quantitative estimate of drug-likeness (QED) is 0.752. The molecule has 0 aromatic carbocycles. The molecular weight excluding hydrogens is 236 g/mol. The predicted molar refractivity (Wildman–Crippen MR) is 49.5 cm³/mol. The summed E-state index contributed by atoms with van der Waals surface area (Å²) < 4.78 is 10.7. The topological polar surface area (TPSA) is 39.4 Å². The normalized spacial score (nSPS) is 16.7. The van der Waals surface area contributed by atoms with E-state index in [9.17, 15) is 4.79 Å². The van der Waals surface area contributed by atoms with Crippen molar-refractivity contribution in [3.63, 3.8) is 0 Å². The summed E-state index contributed by atoms with van der Waals surface area (Å²) >= 11 is 3.12. The number of hydrogen-bond acceptors (Lipinski definition) is 3. The molecule has 0 spiro atoms. The number of halogens is 1. The molecule has 0 unspecified atom stereocenters. The summed E-state index contributed by atoms with van der Waals surface area (Å²) in [5.74, 6) is -0.103. The van der Waals surface area contributed by atoms with Gasteiger partial charge in [-0.3, -0.25) is 0 Å². The predicted octanol–water partition coefficient (Wildman–Crippen LogP) is 2.75. The molecule has 0 atom stereocenters. The molecular formula is C9H9BrO3. The fourth-order valence-corrected chi connectivity index (χ4v) is 1.43. The van der Waals surface area contributed by atoms with Crippen LogP contribution in [0.4, 0.5) is 0 Å². The van der Waals surface area contributed by atoms with Crippen molar-refractivity contribution in [3.8, 4) is 0 Å². The highest BCUT2D eigenvalue weighted by molar-refractivity contribution is 9.10. The van der Waals surface area contributed by atoms with Crippen molar-refractivity contribution in [1.29, 1.82) is 0 Å². The van der Waals surface area contributed by atoms with Crippen molar-refractivity contribution in [2.45, 2.75) is 25.4 Å². The zero-order valence-electron chi connectivity index (χ0n) is 6.96. The average Bonchev–Trinajstić information content (AvgIpc) is 2.44. The molecule has 4 heteroatoms. The molecule has 70 valence electrons. The second-order valence-corrected chi connectivity index (χ2v) is 3.84. The van der Waals surface area contributed by atoms with Gasteiger partial charge in [0.1, 0.15) is 6.10 Å².